The maximum absolute atomic E-state index is 12.3. The summed E-state index contributed by atoms with van der Waals surface area (Å²) in [4.78, 5) is 25.4. The summed E-state index contributed by atoms with van der Waals surface area (Å²) in [7, 11) is 1.78. The van der Waals surface area contributed by atoms with Gasteiger partial charge in [0.15, 0.2) is 0 Å². The minimum atomic E-state index is -0.335. The Kier molecular flexibility index (Phi) is 5.14. The number of carbonyl (C=O) groups is 2. The van der Waals surface area contributed by atoms with Crippen molar-refractivity contribution in [3.63, 3.8) is 0 Å². The number of likely N-dealkylation sites (N-methyl/N-ethyl adjacent to an activating group) is 1. The molecule has 1 N–H and O–H groups in total. The van der Waals surface area contributed by atoms with Crippen molar-refractivity contribution >= 4 is 11.9 Å². The predicted molar refractivity (Wildman–Crippen MR) is 69.1 cm³/mol. The molecule has 5 heteroatoms. The summed E-state index contributed by atoms with van der Waals surface area (Å²) in [5.74, 6) is -0.338. The quantitative estimate of drug-likeness (QED) is 0.755. The number of nitrogens with one attached hydrogen (secondary N) is 1. The molecule has 1 rings (SSSR count). The van der Waals surface area contributed by atoms with E-state index in [0.29, 0.717) is 13.2 Å². The smallest absolute Gasteiger partial charge is 0.325 e. The fourth-order valence-electron chi connectivity index (χ4n) is 2.32. The average Bonchev–Trinajstić information content (AvgIpc) is 2.37. The molecule has 1 aliphatic rings. The number of amides is 1. The summed E-state index contributed by atoms with van der Waals surface area (Å²) >= 11 is 0. The summed E-state index contributed by atoms with van der Waals surface area (Å²) in [6, 6.07) is -0.193. The first kappa shape index (κ1) is 15.0. The lowest BCUT2D eigenvalue weighted by Gasteiger charge is -2.29. The second-order valence-corrected chi connectivity index (χ2v) is 5.54. The number of hydrogen-bond acceptors (Lipinski definition) is 4. The van der Waals surface area contributed by atoms with Gasteiger partial charge in [-0.25, -0.2) is 0 Å². The molecule has 0 aromatic rings. The molecule has 1 atom stereocenters. The van der Waals surface area contributed by atoms with Crippen LogP contribution in [0.2, 0.25) is 0 Å². The van der Waals surface area contributed by atoms with E-state index in [-0.39, 0.29) is 29.9 Å². The van der Waals surface area contributed by atoms with E-state index in [1.54, 1.807) is 18.9 Å². The van der Waals surface area contributed by atoms with Gasteiger partial charge in [-0.15, -0.1) is 0 Å². The highest BCUT2D eigenvalue weighted by molar-refractivity contribution is 5.86. The van der Waals surface area contributed by atoms with Crippen molar-refractivity contribution in [2.75, 3.05) is 26.7 Å². The van der Waals surface area contributed by atoms with E-state index in [1.165, 1.54) is 0 Å². The number of likely N-dealkylation sites (tertiary alicyclic amines) is 1. The Balaban J connectivity index is 2.77. The van der Waals surface area contributed by atoms with Gasteiger partial charge in [0, 0.05) is 6.54 Å². The van der Waals surface area contributed by atoms with E-state index < -0.39 is 0 Å². The van der Waals surface area contributed by atoms with Crippen molar-refractivity contribution in [3.05, 3.63) is 0 Å². The highest BCUT2D eigenvalue weighted by Gasteiger charge is 2.34. The van der Waals surface area contributed by atoms with E-state index in [2.05, 4.69) is 19.2 Å². The molecule has 0 aromatic carbocycles. The highest BCUT2D eigenvalue weighted by atomic mass is 16.5. The molecule has 0 bridgehead atoms. The van der Waals surface area contributed by atoms with Gasteiger partial charge < -0.3 is 15.0 Å². The second-order valence-electron chi connectivity index (χ2n) is 5.54. The molecular weight excluding hydrogens is 232 g/mol. The molecular formula is C13H24N2O3. The van der Waals surface area contributed by atoms with Crippen LogP contribution in [0, 0.1) is 5.41 Å². The van der Waals surface area contributed by atoms with Crippen LogP contribution in [0.5, 0.6) is 0 Å². The van der Waals surface area contributed by atoms with Crippen LogP contribution in [0.1, 0.15) is 33.6 Å². The Bertz CT molecular complexity index is 315. The van der Waals surface area contributed by atoms with E-state index in [1.807, 2.05) is 0 Å². The topological polar surface area (TPSA) is 58.6 Å². The van der Waals surface area contributed by atoms with Gasteiger partial charge in [0.1, 0.15) is 6.54 Å². The fourth-order valence-corrected chi connectivity index (χ4v) is 2.32. The van der Waals surface area contributed by atoms with Crippen LogP contribution in [0.4, 0.5) is 0 Å². The maximum Gasteiger partial charge on any atom is 0.325 e. The third-order valence-electron chi connectivity index (χ3n) is 3.31. The van der Waals surface area contributed by atoms with Gasteiger partial charge in [-0.1, -0.05) is 13.8 Å². The first-order valence-electron chi connectivity index (χ1n) is 6.51. The zero-order valence-electron chi connectivity index (χ0n) is 11.8. The van der Waals surface area contributed by atoms with Crippen molar-refractivity contribution in [2.45, 2.75) is 39.7 Å². The Labute approximate surface area is 109 Å². The van der Waals surface area contributed by atoms with Crippen molar-refractivity contribution < 1.29 is 14.3 Å². The molecule has 1 aliphatic heterocycles. The van der Waals surface area contributed by atoms with Gasteiger partial charge in [-0.05, 0) is 32.2 Å². The molecule has 0 radical (unpaired) electrons. The highest BCUT2D eigenvalue weighted by Crippen LogP contribution is 2.28. The molecule has 1 saturated heterocycles. The molecule has 0 aromatic heterocycles. The molecule has 0 spiro atoms. The van der Waals surface area contributed by atoms with Crippen LogP contribution in [0.3, 0.4) is 0 Å². The van der Waals surface area contributed by atoms with Crippen molar-refractivity contribution in [1.29, 1.82) is 0 Å². The summed E-state index contributed by atoms with van der Waals surface area (Å²) in [6.07, 6.45) is 1.77. The lowest BCUT2D eigenvalue weighted by molar-refractivity contribution is -0.149. The van der Waals surface area contributed by atoms with Crippen molar-refractivity contribution in [2.24, 2.45) is 5.41 Å². The summed E-state index contributed by atoms with van der Waals surface area (Å²) < 4.78 is 4.92. The van der Waals surface area contributed by atoms with E-state index in [9.17, 15) is 9.59 Å². The molecule has 5 nitrogen and oxygen atoms in total. The van der Waals surface area contributed by atoms with Crippen LogP contribution < -0.4 is 5.32 Å². The largest absolute Gasteiger partial charge is 0.465 e. The van der Waals surface area contributed by atoms with Crippen LogP contribution in [-0.2, 0) is 14.3 Å². The van der Waals surface area contributed by atoms with E-state index in [4.69, 9.17) is 4.74 Å². The Morgan fingerprint density at radius 1 is 1.56 bits per heavy atom. The molecule has 0 aliphatic carbocycles. The van der Waals surface area contributed by atoms with Gasteiger partial charge in [0.05, 0.1) is 12.6 Å². The summed E-state index contributed by atoms with van der Waals surface area (Å²) in [6.45, 7) is 7.01. The minimum absolute atomic E-state index is 0.00359. The first-order chi connectivity index (χ1) is 8.39. The Morgan fingerprint density at radius 2 is 2.22 bits per heavy atom. The second kappa shape index (κ2) is 6.18. The number of hydrogen-bond donors (Lipinski definition) is 1. The molecule has 1 heterocycles. The number of esters is 1. The molecule has 1 amide bonds. The molecule has 1 fully saturated rings. The van der Waals surface area contributed by atoms with Gasteiger partial charge in [-0.3, -0.25) is 9.59 Å². The predicted octanol–water partition coefficient (Wildman–Crippen LogP) is 0.786. The van der Waals surface area contributed by atoms with Crippen LogP contribution in [0.25, 0.3) is 0 Å². The molecule has 104 valence electrons. The molecule has 1 unspecified atom stereocenters. The maximum atomic E-state index is 12.3. The standard InChI is InChI=1S/C13H24N2O3/c1-5-18-11(16)8-15-9-13(2,3)7-6-10(14-4)12(15)17/h10,14H,5-9H2,1-4H3. The lowest BCUT2D eigenvalue weighted by Crippen LogP contribution is -2.47. The zero-order valence-corrected chi connectivity index (χ0v) is 11.8. The van der Waals surface area contributed by atoms with E-state index >= 15 is 0 Å². The number of rotatable bonds is 4. The van der Waals surface area contributed by atoms with Crippen LogP contribution in [0.15, 0.2) is 0 Å². The van der Waals surface area contributed by atoms with Crippen molar-refractivity contribution in [1.82, 2.24) is 10.2 Å². The van der Waals surface area contributed by atoms with Crippen molar-refractivity contribution in [3.8, 4) is 0 Å². The molecule has 18 heavy (non-hydrogen) atoms. The van der Waals surface area contributed by atoms with Gasteiger partial charge >= 0.3 is 5.97 Å². The summed E-state index contributed by atoms with van der Waals surface area (Å²) in [5, 5.41) is 3.02. The lowest BCUT2D eigenvalue weighted by atomic mass is 9.87. The van der Waals surface area contributed by atoms with Gasteiger partial charge in [0.25, 0.3) is 0 Å². The SMILES string of the molecule is CCOC(=O)CN1CC(C)(C)CCC(NC)C1=O. The minimum Gasteiger partial charge on any atom is -0.465 e. The average molecular weight is 256 g/mol. The van der Waals surface area contributed by atoms with Crippen LogP contribution in [-0.4, -0.2) is 49.6 Å². The number of nitrogens with zero attached hydrogens (tertiary/aromatic N) is 1. The van der Waals surface area contributed by atoms with Gasteiger partial charge in [-0.2, -0.15) is 0 Å². The third kappa shape index (κ3) is 3.98. The third-order valence-corrected chi connectivity index (χ3v) is 3.31. The first-order valence-corrected chi connectivity index (χ1v) is 6.51. The van der Waals surface area contributed by atoms with Crippen LogP contribution >= 0.6 is 0 Å². The van der Waals surface area contributed by atoms with E-state index in [0.717, 1.165) is 12.8 Å². The summed E-state index contributed by atoms with van der Waals surface area (Å²) in [5.41, 5.74) is 0.0355. The monoisotopic (exact) mass is 256 g/mol. The van der Waals surface area contributed by atoms with Gasteiger partial charge in [0.2, 0.25) is 5.91 Å². The number of ether oxygens (including phenoxy) is 1. The Morgan fingerprint density at radius 3 is 2.78 bits per heavy atom. The molecule has 0 saturated carbocycles. The fraction of sp³-hybridized carbons (Fsp3) is 0.846. The normalized spacial score (nSPS) is 23.7. The number of carbonyl (C=O) groups excluding carboxylic acids is 2. The Hall–Kier alpha value is -1.10. The zero-order chi connectivity index (χ0) is 13.8.